The zero-order valence-corrected chi connectivity index (χ0v) is 15.3. The molecule has 0 aliphatic carbocycles. The number of carbonyl (C=O) groups excluding carboxylic acids is 1. The van der Waals surface area contributed by atoms with E-state index in [1.807, 2.05) is 0 Å². The molecule has 7 nitrogen and oxygen atoms in total. The Labute approximate surface area is 142 Å². The average Bonchev–Trinajstić information content (AvgIpc) is 2.37. The Bertz CT molecular complexity index is 689. The molecule has 0 aliphatic heterocycles. The summed E-state index contributed by atoms with van der Waals surface area (Å²) in [5.74, 6) is -0.659. The smallest absolute Gasteiger partial charge is 0.407 e. The molecular formula is C13H19BrFN3O4S. The summed E-state index contributed by atoms with van der Waals surface area (Å²) in [7, 11) is -3.93. The molecule has 130 valence electrons. The molecule has 0 atom stereocenters. The van der Waals surface area contributed by atoms with Crippen LogP contribution >= 0.6 is 15.9 Å². The Hall–Kier alpha value is -1.39. The monoisotopic (exact) mass is 411 g/mol. The topological polar surface area (TPSA) is 111 Å². The lowest BCUT2D eigenvalue weighted by atomic mass is 10.2. The second-order valence-corrected chi connectivity index (χ2v) is 8.22. The number of halogens is 2. The van der Waals surface area contributed by atoms with Crippen molar-refractivity contribution in [2.75, 3.05) is 18.8 Å². The molecule has 0 saturated carbocycles. The van der Waals surface area contributed by atoms with Gasteiger partial charge in [0.1, 0.15) is 16.3 Å². The van der Waals surface area contributed by atoms with Crippen LogP contribution in [0.3, 0.4) is 0 Å². The molecule has 10 heteroatoms. The summed E-state index contributed by atoms with van der Waals surface area (Å²) in [6.45, 7) is 5.09. The summed E-state index contributed by atoms with van der Waals surface area (Å²) >= 11 is 2.91. The van der Waals surface area contributed by atoms with Gasteiger partial charge in [0.25, 0.3) is 0 Å². The van der Waals surface area contributed by atoms with E-state index < -0.39 is 27.5 Å². The number of hydrogen-bond donors (Lipinski definition) is 3. The summed E-state index contributed by atoms with van der Waals surface area (Å²) < 4.78 is 44.8. The van der Waals surface area contributed by atoms with Gasteiger partial charge >= 0.3 is 6.09 Å². The minimum Gasteiger partial charge on any atom is -0.444 e. The third-order valence-electron chi connectivity index (χ3n) is 2.43. The molecular weight excluding hydrogens is 393 g/mol. The highest BCUT2D eigenvalue weighted by atomic mass is 79.9. The van der Waals surface area contributed by atoms with Gasteiger partial charge in [0.15, 0.2) is 0 Å². The van der Waals surface area contributed by atoms with Crippen molar-refractivity contribution in [3.63, 3.8) is 0 Å². The molecule has 0 bridgehead atoms. The second-order valence-electron chi connectivity index (χ2n) is 5.63. The van der Waals surface area contributed by atoms with Crippen molar-refractivity contribution >= 4 is 37.7 Å². The first-order valence-corrected chi connectivity index (χ1v) is 8.91. The van der Waals surface area contributed by atoms with Crippen molar-refractivity contribution in [1.82, 2.24) is 10.0 Å². The quantitative estimate of drug-likeness (QED) is 0.506. The zero-order chi connectivity index (χ0) is 17.8. The minimum absolute atomic E-state index is 0.0149. The van der Waals surface area contributed by atoms with Crippen molar-refractivity contribution in [1.29, 1.82) is 0 Å². The fourth-order valence-corrected chi connectivity index (χ4v) is 3.18. The number of nitrogen functional groups attached to an aromatic ring is 1. The maximum atomic E-state index is 13.3. The standard InChI is InChI=1S/C13H19BrFN3O4S/c1-13(2,3)22-12(19)17-4-5-18-23(20,21)11-6-8(14)9(15)7-10(11)16/h6-7,18H,4-5,16H2,1-3H3,(H,17,19). The second kappa shape index (κ2) is 7.45. The van der Waals surface area contributed by atoms with E-state index in [9.17, 15) is 17.6 Å². The van der Waals surface area contributed by atoms with Crippen LogP contribution < -0.4 is 15.8 Å². The van der Waals surface area contributed by atoms with Crippen LogP contribution in [0.25, 0.3) is 0 Å². The summed E-state index contributed by atoms with van der Waals surface area (Å²) in [4.78, 5) is 11.2. The predicted octanol–water partition coefficient (Wildman–Crippen LogP) is 1.97. The van der Waals surface area contributed by atoms with Crippen LogP contribution in [0.1, 0.15) is 20.8 Å². The van der Waals surface area contributed by atoms with E-state index in [0.717, 1.165) is 12.1 Å². The molecule has 0 aromatic heterocycles. The van der Waals surface area contributed by atoms with Crippen LogP contribution in [0.5, 0.6) is 0 Å². The maximum Gasteiger partial charge on any atom is 0.407 e. The van der Waals surface area contributed by atoms with Gasteiger partial charge in [-0.2, -0.15) is 0 Å². The van der Waals surface area contributed by atoms with E-state index in [1.165, 1.54) is 0 Å². The molecule has 1 rings (SSSR count). The van der Waals surface area contributed by atoms with E-state index in [-0.39, 0.29) is 28.1 Å². The van der Waals surface area contributed by atoms with E-state index in [4.69, 9.17) is 10.5 Å². The maximum absolute atomic E-state index is 13.3. The Kier molecular flexibility index (Phi) is 6.37. The molecule has 0 radical (unpaired) electrons. The molecule has 23 heavy (non-hydrogen) atoms. The molecule has 0 aliphatic rings. The molecule has 0 spiro atoms. The summed E-state index contributed by atoms with van der Waals surface area (Å²) in [6, 6.07) is 1.99. The van der Waals surface area contributed by atoms with Crippen molar-refractivity contribution < 1.29 is 22.3 Å². The number of benzene rings is 1. The van der Waals surface area contributed by atoms with Gasteiger partial charge in [-0.25, -0.2) is 22.3 Å². The van der Waals surface area contributed by atoms with Crippen molar-refractivity contribution in [2.45, 2.75) is 31.3 Å². The van der Waals surface area contributed by atoms with Gasteiger partial charge < -0.3 is 15.8 Å². The minimum atomic E-state index is -3.93. The summed E-state index contributed by atoms with van der Waals surface area (Å²) in [5.41, 5.74) is 4.68. The van der Waals surface area contributed by atoms with Crippen LogP contribution in [-0.4, -0.2) is 33.2 Å². The fourth-order valence-electron chi connectivity index (χ4n) is 1.52. The fraction of sp³-hybridized carbons (Fsp3) is 0.462. The number of carbonyl (C=O) groups is 1. The third kappa shape index (κ3) is 6.32. The molecule has 1 amide bonds. The molecule has 0 heterocycles. The van der Waals surface area contributed by atoms with Gasteiger partial charge in [0.05, 0.1) is 10.2 Å². The van der Waals surface area contributed by atoms with Gasteiger partial charge in [0.2, 0.25) is 10.0 Å². The molecule has 1 aromatic rings. The Morgan fingerprint density at radius 3 is 2.52 bits per heavy atom. The van der Waals surface area contributed by atoms with Gasteiger partial charge in [-0.15, -0.1) is 0 Å². The zero-order valence-electron chi connectivity index (χ0n) is 12.9. The number of alkyl carbamates (subject to hydrolysis) is 1. The SMILES string of the molecule is CC(C)(C)OC(=O)NCCNS(=O)(=O)c1cc(Br)c(F)cc1N. The first-order valence-electron chi connectivity index (χ1n) is 6.63. The predicted molar refractivity (Wildman–Crippen MR) is 87.9 cm³/mol. The summed E-state index contributed by atoms with van der Waals surface area (Å²) in [6.07, 6.45) is -0.652. The van der Waals surface area contributed by atoms with Gasteiger partial charge in [0, 0.05) is 13.1 Å². The number of hydrogen-bond acceptors (Lipinski definition) is 5. The van der Waals surface area contributed by atoms with Crippen molar-refractivity contribution in [2.24, 2.45) is 0 Å². The number of amides is 1. The van der Waals surface area contributed by atoms with Crippen LogP contribution in [0.15, 0.2) is 21.5 Å². The molecule has 0 unspecified atom stereocenters. The molecule has 1 aromatic carbocycles. The Morgan fingerprint density at radius 2 is 1.96 bits per heavy atom. The van der Waals surface area contributed by atoms with Gasteiger partial charge in [-0.05, 0) is 48.8 Å². The highest BCUT2D eigenvalue weighted by Crippen LogP contribution is 2.25. The van der Waals surface area contributed by atoms with E-state index in [1.54, 1.807) is 20.8 Å². The average molecular weight is 412 g/mol. The lowest BCUT2D eigenvalue weighted by molar-refractivity contribution is 0.0529. The lowest BCUT2D eigenvalue weighted by Gasteiger charge is -2.19. The number of nitrogens with one attached hydrogen (secondary N) is 2. The molecule has 0 saturated heterocycles. The number of anilines is 1. The van der Waals surface area contributed by atoms with Gasteiger partial charge in [-0.3, -0.25) is 0 Å². The highest BCUT2D eigenvalue weighted by molar-refractivity contribution is 9.10. The molecule has 4 N–H and O–H groups in total. The van der Waals surface area contributed by atoms with E-state index in [0.29, 0.717) is 0 Å². The highest BCUT2D eigenvalue weighted by Gasteiger charge is 2.20. The number of rotatable bonds is 5. The largest absolute Gasteiger partial charge is 0.444 e. The number of sulfonamides is 1. The third-order valence-corrected chi connectivity index (χ3v) is 4.55. The van der Waals surface area contributed by atoms with Crippen molar-refractivity contribution in [3.05, 3.63) is 22.4 Å². The molecule has 0 fully saturated rings. The van der Waals surface area contributed by atoms with E-state index in [2.05, 4.69) is 26.0 Å². The summed E-state index contributed by atoms with van der Waals surface area (Å²) in [5, 5.41) is 2.41. The van der Waals surface area contributed by atoms with E-state index >= 15 is 0 Å². The van der Waals surface area contributed by atoms with Gasteiger partial charge in [-0.1, -0.05) is 0 Å². The number of ether oxygens (including phenoxy) is 1. The van der Waals surface area contributed by atoms with Crippen LogP contribution in [0, 0.1) is 5.82 Å². The Balaban J connectivity index is 2.61. The van der Waals surface area contributed by atoms with Crippen LogP contribution in [0.2, 0.25) is 0 Å². The first-order chi connectivity index (χ1) is 10.4. The Morgan fingerprint density at radius 1 is 1.35 bits per heavy atom. The van der Waals surface area contributed by atoms with Crippen molar-refractivity contribution in [3.8, 4) is 0 Å². The normalized spacial score (nSPS) is 12.0. The van der Waals surface area contributed by atoms with Crippen LogP contribution in [-0.2, 0) is 14.8 Å². The number of nitrogens with two attached hydrogens (primary N) is 1. The lowest BCUT2D eigenvalue weighted by Crippen LogP contribution is -2.38. The van der Waals surface area contributed by atoms with Crippen LogP contribution in [0.4, 0.5) is 14.9 Å². The first kappa shape index (κ1) is 19.7.